The third-order valence-electron chi connectivity index (χ3n) is 4.13. The van der Waals surface area contributed by atoms with Gasteiger partial charge in [-0.2, -0.15) is 0 Å². The summed E-state index contributed by atoms with van der Waals surface area (Å²) in [6.45, 7) is 4.19. The van der Waals surface area contributed by atoms with Crippen molar-refractivity contribution in [3.63, 3.8) is 0 Å². The van der Waals surface area contributed by atoms with Crippen molar-refractivity contribution in [3.8, 4) is 5.75 Å². The van der Waals surface area contributed by atoms with E-state index in [4.69, 9.17) is 4.74 Å². The highest BCUT2D eigenvalue weighted by Gasteiger charge is 2.33. The van der Waals surface area contributed by atoms with Gasteiger partial charge in [0.25, 0.3) is 0 Å². The van der Waals surface area contributed by atoms with Gasteiger partial charge in [0, 0.05) is 19.1 Å². The first-order valence-electron chi connectivity index (χ1n) is 8.03. The van der Waals surface area contributed by atoms with Crippen LogP contribution < -0.4 is 10.1 Å². The Morgan fingerprint density at radius 1 is 1.33 bits per heavy atom. The monoisotopic (exact) mass is 288 g/mol. The van der Waals surface area contributed by atoms with Crippen molar-refractivity contribution in [3.05, 3.63) is 29.8 Å². The van der Waals surface area contributed by atoms with Crippen molar-refractivity contribution < 1.29 is 9.53 Å². The molecule has 1 aliphatic heterocycles. The number of carbonyl (C=O) groups is 1. The zero-order valence-corrected chi connectivity index (χ0v) is 12.7. The molecule has 1 aliphatic carbocycles. The van der Waals surface area contributed by atoms with Crippen LogP contribution in [0.1, 0.15) is 38.2 Å². The third-order valence-corrected chi connectivity index (χ3v) is 4.13. The molecule has 1 aromatic carbocycles. The first-order valence-corrected chi connectivity index (χ1v) is 8.03. The van der Waals surface area contributed by atoms with E-state index in [0.29, 0.717) is 19.2 Å². The molecule has 0 radical (unpaired) electrons. The molecule has 0 aromatic heterocycles. The van der Waals surface area contributed by atoms with Gasteiger partial charge in [-0.1, -0.05) is 12.1 Å². The first-order chi connectivity index (χ1) is 10.3. The minimum absolute atomic E-state index is 0.0290. The van der Waals surface area contributed by atoms with Gasteiger partial charge in [-0.3, -0.25) is 4.79 Å². The Labute approximate surface area is 126 Å². The Morgan fingerprint density at radius 2 is 2.19 bits per heavy atom. The third kappa shape index (κ3) is 3.76. The lowest BCUT2D eigenvalue weighted by Crippen LogP contribution is -2.50. The van der Waals surface area contributed by atoms with Crippen molar-refractivity contribution in [1.82, 2.24) is 10.2 Å². The van der Waals surface area contributed by atoms with Gasteiger partial charge in [0.15, 0.2) is 0 Å². The first kappa shape index (κ1) is 14.4. The van der Waals surface area contributed by atoms with Crippen LogP contribution in [-0.4, -0.2) is 36.0 Å². The molecule has 21 heavy (non-hydrogen) atoms. The van der Waals surface area contributed by atoms with E-state index in [1.807, 2.05) is 30.0 Å². The molecule has 1 aromatic rings. The fourth-order valence-electron chi connectivity index (χ4n) is 2.91. The quantitative estimate of drug-likeness (QED) is 0.873. The second-order valence-corrected chi connectivity index (χ2v) is 5.98. The molecule has 3 rings (SSSR count). The Hall–Kier alpha value is -1.55. The predicted octanol–water partition coefficient (Wildman–Crippen LogP) is 2.33. The molecule has 0 spiro atoms. The molecule has 1 atom stereocenters. The highest BCUT2D eigenvalue weighted by Crippen LogP contribution is 2.23. The van der Waals surface area contributed by atoms with E-state index in [9.17, 15) is 4.79 Å². The molecule has 2 fully saturated rings. The molecule has 1 N–H and O–H groups in total. The molecule has 114 valence electrons. The Bertz CT molecular complexity index is 499. The number of benzene rings is 1. The fourth-order valence-corrected chi connectivity index (χ4v) is 2.91. The molecular formula is C17H24N2O2. The van der Waals surface area contributed by atoms with Crippen LogP contribution in [-0.2, 0) is 11.3 Å². The van der Waals surface area contributed by atoms with E-state index in [1.165, 1.54) is 12.8 Å². The van der Waals surface area contributed by atoms with Gasteiger partial charge < -0.3 is 15.0 Å². The number of rotatable bonds is 6. The Kier molecular flexibility index (Phi) is 4.44. The van der Waals surface area contributed by atoms with Gasteiger partial charge in [0.2, 0.25) is 5.91 Å². The van der Waals surface area contributed by atoms with Crippen LogP contribution in [0.2, 0.25) is 0 Å². The average Bonchev–Trinajstić information content (AvgIpc) is 3.28. The molecule has 1 saturated heterocycles. The lowest BCUT2D eigenvalue weighted by Gasteiger charge is -2.33. The van der Waals surface area contributed by atoms with E-state index in [-0.39, 0.29) is 11.9 Å². The second kappa shape index (κ2) is 6.48. The van der Waals surface area contributed by atoms with Crippen LogP contribution in [0.25, 0.3) is 0 Å². The topological polar surface area (TPSA) is 41.6 Å². The molecule has 1 heterocycles. The number of carbonyl (C=O) groups excluding carboxylic acids is 1. The predicted molar refractivity (Wildman–Crippen MR) is 82.2 cm³/mol. The fraction of sp³-hybridized carbons (Fsp3) is 0.588. The highest BCUT2D eigenvalue weighted by molar-refractivity contribution is 5.82. The summed E-state index contributed by atoms with van der Waals surface area (Å²) in [7, 11) is 0. The van der Waals surface area contributed by atoms with Crippen LogP contribution in [0, 0.1) is 0 Å². The summed E-state index contributed by atoms with van der Waals surface area (Å²) in [6, 6.07) is 8.67. The number of piperidine rings is 1. The average molecular weight is 288 g/mol. The van der Waals surface area contributed by atoms with E-state index in [2.05, 4.69) is 11.4 Å². The van der Waals surface area contributed by atoms with Crippen molar-refractivity contribution in [2.24, 2.45) is 0 Å². The Morgan fingerprint density at radius 3 is 2.95 bits per heavy atom. The molecular weight excluding hydrogens is 264 g/mol. The molecule has 4 nitrogen and oxygen atoms in total. The number of hydrogen-bond donors (Lipinski definition) is 1. The van der Waals surface area contributed by atoms with Crippen molar-refractivity contribution in [1.29, 1.82) is 0 Å². The largest absolute Gasteiger partial charge is 0.494 e. The summed E-state index contributed by atoms with van der Waals surface area (Å²) < 4.78 is 5.53. The summed E-state index contributed by atoms with van der Waals surface area (Å²) in [5.74, 6) is 1.14. The smallest absolute Gasteiger partial charge is 0.240 e. The number of nitrogens with one attached hydrogen (secondary N) is 1. The van der Waals surface area contributed by atoms with Gasteiger partial charge in [-0.25, -0.2) is 0 Å². The Balaban J connectivity index is 1.62. The van der Waals surface area contributed by atoms with Crippen molar-refractivity contribution in [2.45, 2.75) is 51.2 Å². The van der Waals surface area contributed by atoms with Gasteiger partial charge >= 0.3 is 0 Å². The van der Waals surface area contributed by atoms with Crippen LogP contribution in [0.5, 0.6) is 5.75 Å². The molecule has 2 aliphatic rings. The van der Waals surface area contributed by atoms with Gasteiger partial charge in [0.1, 0.15) is 5.75 Å². The summed E-state index contributed by atoms with van der Waals surface area (Å²) in [5.41, 5.74) is 1.14. The summed E-state index contributed by atoms with van der Waals surface area (Å²) in [5, 5.41) is 3.47. The second-order valence-electron chi connectivity index (χ2n) is 5.98. The SMILES string of the molecule is CCOc1cccc(CN2CCCC(NC3CC3)C2=O)c1. The van der Waals surface area contributed by atoms with E-state index >= 15 is 0 Å². The van der Waals surface area contributed by atoms with Gasteiger partial charge in [-0.05, 0) is 50.3 Å². The van der Waals surface area contributed by atoms with Crippen molar-refractivity contribution in [2.75, 3.05) is 13.2 Å². The maximum atomic E-state index is 12.5. The number of likely N-dealkylation sites (tertiary alicyclic amines) is 1. The zero-order valence-electron chi connectivity index (χ0n) is 12.7. The van der Waals surface area contributed by atoms with E-state index < -0.39 is 0 Å². The number of hydrogen-bond acceptors (Lipinski definition) is 3. The van der Waals surface area contributed by atoms with Crippen LogP contribution >= 0.6 is 0 Å². The molecule has 1 saturated carbocycles. The van der Waals surface area contributed by atoms with E-state index in [1.54, 1.807) is 0 Å². The molecule has 1 unspecified atom stereocenters. The van der Waals surface area contributed by atoms with Gasteiger partial charge in [-0.15, -0.1) is 0 Å². The normalized spacial score (nSPS) is 22.4. The number of amides is 1. The number of nitrogens with zero attached hydrogens (tertiary/aromatic N) is 1. The summed E-state index contributed by atoms with van der Waals surface area (Å²) in [6.07, 6.45) is 4.51. The summed E-state index contributed by atoms with van der Waals surface area (Å²) in [4.78, 5) is 14.5. The summed E-state index contributed by atoms with van der Waals surface area (Å²) >= 11 is 0. The van der Waals surface area contributed by atoms with Crippen LogP contribution in [0.4, 0.5) is 0 Å². The van der Waals surface area contributed by atoms with Crippen molar-refractivity contribution >= 4 is 5.91 Å². The maximum Gasteiger partial charge on any atom is 0.240 e. The lowest BCUT2D eigenvalue weighted by atomic mass is 10.0. The standard InChI is InChI=1S/C17H24N2O2/c1-2-21-15-6-3-5-13(11-15)12-19-10-4-7-16(17(19)20)18-14-8-9-14/h3,5-6,11,14,16,18H,2,4,7-10,12H2,1H3. The van der Waals surface area contributed by atoms with E-state index in [0.717, 1.165) is 30.7 Å². The maximum absolute atomic E-state index is 12.5. The molecule has 1 amide bonds. The minimum atomic E-state index is 0.0290. The number of ether oxygens (including phenoxy) is 1. The van der Waals surface area contributed by atoms with Gasteiger partial charge in [0.05, 0.1) is 12.6 Å². The van der Waals surface area contributed by atoms with Crippen LogP contribution in [0.15, 0.2) is 24.3 Å². The lowest BCUT2D eigenvalue weighted by molar-refractivity contribution is -0.136. The molecule has 4 heteroatoms. The highest BCUT2D eigenvalue weighted by atomic mass is 16.5. The zero-order chi connectivity index (χ0) is 14.7. The molecule has 0 bridgehead atoms. The minimum Gasteiger partial charge on any atom is -0.494 e. The van der Waals surface area contributed by atoms with Crippen LogP contribution in [0.3, 0.4) is 0 Å².